The average Bonchev–Trinajstić information content (AvgIpc) is 3.54. The molecular formula is C22H20ClN5O2S. The summed E-state index contributed by atoms with van der Waals surface area (Å²) in [6.45, 7) is 2.29. The monoisotopic (exact) mass is 453 g/mol. The predicted octanol–water partition coefficient (Wildman–Crippen LogP) is 4.94. The number of fused-ring (bicyclic) bond motifs is 1. The maximum Gasteiger partial charge on any atom is 0.258 e. The Balaban J connectivity index is 1.38. The van der Waals surface area contributed by atoms with Gasteiger partial charge < -0.3 is 9.72 Å². The van der Waals surface area contributed by atoms with Gasteiger partial charge in [0.1, 0.15) is 18.2 Å². The smallest absolute Gasteiger partial charge is 0.258 e. The van der Waals surface area contributed by atoms with Crippen LogP contribution in [0.5, 0.6) is 5.75 Å². The molecule has 0 aliphatic heterocycles. The van der Waals surface area contributed by atoms with Crippen molar-refractivity contribution < 1.29 is 4.74 Å². The van der Waals surface area contributed by atoms with Gasteiger partial charge in [-0.1, -0.05) is 47.6 Å². The maximum absolute atomic E-state index is 12.4. The van der Waals surface area contributed by atoms with Crippen LogP contribution in [-0.2, 0) is 6.61 Å². The van der Waals surface area contributed by atoms with Gasteiger partial charge in [0.15, 0.2) is 11.0 Å². The maximum atomic E-state index is 12.4. The fourth-order valence-electron chi connectivity index (χ4n) is 3.40. The molecule has 2 heterocycles. The van der Waals surface area contributed by atoms with Crippen LogP contribution in [-0.4, -0.2) is 24.7 Å². The van der Waals surface area contributed by atoms with Gasteiger partial charge in [-0.15, -0.1) is 10.2 Å². The molecule has 1 saturated carbocycles. The van der Waals surface area contributed by atoms with Crippen LogP contribution in [0.25, 0.3) is 10.9 Å². The summed E-state index contributed by atoms with van der Waals surface area (Å²) in [5, 5.41) is 10.6. The van der Waals surface area contributed by atoms with Crippen molar-refractivity contribution in [3.63, 3.8) is 0 Å². The quantitative estimate of drug-likeness (QED) is 0.399. The van der Waals surface area contributed by atoms with Crippen molar-refractivity contribution >= 4 is 34.3 Å². The Morgan fingerprint density at radius 2 is 1.97 bits per heavy atom. The number of aromatic nitrogens is 5. The molecule has 2 aromatic carbocycles. The second kappa shape index (κ2) is 8.36. The third kappa shape index (κ3) is 4.18. The van der Waals surface area contributed by atoms with Crippen LogP contribution in [0.3, 0.4) is 0 Å². The normalized spacial score (nSPS) is 14.6. The van der Waals surface area contributed by atoms with E-state index < -0.39 is 0 Å². The van der Waals surface area contributed by atoms with E-state index in [2.05, 4.69) is 24.7 Å². The molecule has 158 valence electrons. The van der Waals surface area contributed by atoms with Crippen LogP contribution < -0.4 is 10.3 Å². The molecule has 1 aliphatic rings. The Morgan fingerprint density at radius 1 is 1.19 bits per heavy atom. The third-order valence-electron chi connectivity index (χ3n) is 5.14. The number of para-hydroxylation sites is 2. The van der Waals surface area contributed by atoms with Gasteiger partial charge in [0, 0.05) is 6.04 Å². The molecular weight excluding hydrogens is 434 g/mol. The zero-order valence-corrected chi connectivity index (χ0v) is 18.4. The van der Waals surface area contributed by atoms with E-state index in [1.807, 2.05) is 43.3 Å². The molecule has 0 unspecified atom stereocenters. The van der Waals surface area contributed by atoms with E-state index in [1.165, 1.54) is 11.8 Å². The number of thioether (sulfide) groups is 1. The molecule has 31 heavy (non-hydrogen) atoms. The summed E-state index contributed by atoms with van der Waals surface area (Å²) >= 11 is 7.72. The van der Waals surface area contributed by atoms with Crippen molar-refractivity contribution in [3.8, 4) is 5.75 Å². The summed E-state index contributed by atoms with van der Waals surface area (Å²) in [7, 11) is 0. The highest BCUT2D eigenvalue weighted by Crippen LogP contribution is 2.41. The topological polar surface area (TPSA) is 85.7 Å². The first-order valence-electron chi connectivity index (χ1n) is 10.1. The zero-order valence-electron chi connectivity index (χ0n) is 16.8. The standard InChI is InChI=1S/C22H20ClN5O2S/c1-13(20-24-17-8-4-2-6-15(17)21(29)25-20)31-22-27-26-19(28(22)14-10-11-14)12-30-18-9-5-3-7-16(18)23/h2-9,13-14H,10-12H2,1H3,(H,24,25,29)/t13-/m1/s1. The summed E-state index contributed by atoms with van der Waals surface area (Å²) in [6.07, 6.45) is 2.17. The lowest BCUT2D eigenvalue weighted by Gasteiger charge is -2.13. The predicted molar refractivity (Wildman–Crippen MR) is 121 cm³/mol. The fourth-order valence-corrected chi connectivity index (χ4v) is 4.59. The minimum absolute atomic E-state index is 0.101. The molecule has 1 fully saturated rings. The summed E-state index contributed by atoms with van der Waals surface area (Å²) in [5.74, 6) is 2.00. The number of benzene rings is 2. The van der Waals surface area contributed by atoms with Gasteiger partial charge >= 0.3 is 0 Å². The highest BCUT2D eigenvalue weighted by atomic mass is 35.5. The Kier molecular flexibility index (Phi) is 5.41. The van der Waals surface area contributed by atoms with Crippen molar-refractivity contribution in [1.29, 1.82) is 0 Å². The number of nitrogens with one attached hydrogen (secondary N) is 1. The van der Waals surface area contributed by atoms with Crippen molar-refractivity contribution in [3.05, 3.63) is 75.6 Å². The van der Waals surface area contributed by atoms with Crippen LogP contribution >= 0.6 is 23.4 Å². The number of hydrogen-bond acceptors (Lipinski definition) is 6. The van der Waals surface area contributed by atoms with E-state index in [-0.39, 0.29) is 17.4 Å². The van der Waals surface area contributed by atoms with Gasteiger partial charge in [0.05, 0.1) is 21.2 Å². The largest absolute Gasteiger partial charge is 0.484 e. The highest BCUT2D eigenvalue weighted by molar-refractivity contribution is 7.99. The Labute approximate surface area is 187 Å². The molecule has 0 amide bonds. The second-order valence-electron chi connectivity index (χ2n) is 7.45. The molecule has 1 atom stereocenters. The Morgan fingerprint density at radius 3 is 2.77 bits per heavy atom. The molecule has 0 radical (unpaired) electrons. The average molecular weight is 454 g/mol. The van der Waals surface area contributed by atoms with Gasteiger partial charge in [-0.3, -0.25) is 9.36 Å². The molecule has 7 nitrogen and oxygen atoms in total. The van der Waals surface area contributed by atoms with Gasteiger partial charge in [0.25, 0.3) is 5.56 Å². The first kappa shape index (κ1) is 20.1. The van der Waals surface area contributed by atoms with Crippen LogP contribution in [0.2, 0.25) is 5.02 Å². The summed E-state index contributed by atoms with van der Waals surface area (Å²) in [4.78, 5) is 20.0. The molecule has 0 bridgehead atoms. The van der Waals surface area contributed by atoms with Crippen molar-refractivity contribution in [2.45, 2.75) is 42.8 Å². The SMILES string of the molecule is C[C@@H](Sc1nnc(COc2ccccc2Cl)n1C1CC1)c1nc2ccccc2c(=O)[nH]1. The fraction of sp³-hybridized carbons (Fsp3) is 0.273. The molecule has 0 spiro atoms. The number of hydrogen-bond donors (Lipinski definition) is 1. The number of ether oxygens (including phenoxy) is 1. The van der Waals surface area contributed by atoms with Crippen LogP contribution in [0.15, 0.2) is 58.5 Å². The molecule has 2 aromatic heterocycles. The van der Waals surface area contributed by atoms with Crippen LogP contribution in [0.4, 0.5) is 0 Å². The van der Waals surface area contributed by atoms with Gasteiger partial charge in [-0.05, 0) is 44.0 Å². The molecule has 1 aliphatic carbocycles. The molecule has 9 heteroatoms. The lowest BCUT2D eigenvalue weighted by molar-refractivity contribution is 0.288. The van der Waals surface area contributed by atoms with E-state index in [9.17, 15) is 4.79 Å². The van der Waals surface area contributed by atoms with Crippen LogP contribution in [0.1, 0.15) is 42.7 Å². The Bertz CT molecular complexity index is 1300. The third-order valence-corrected chi connectivity index (χ3v) is 6.52. The van der Waals surface area contributed by atoms with Crippen molar-refractivity contribution in [2.24, 2.45) is 0 Å². The number of halogens is 1. The van der Waals surface area contributed by atoms with Gasteiger partial charge in [-0.25, -0.2) is 4.98 Å². The minimum atomic E-state index is -0.134. The summed E-state index contributed by atoms with van der Waals surface area (Å²) in [5.41, 5.74) is 0.553. The van der Waals surface area contributed by atoms with Crippen molar-refractivity contribution in [2.75, 3.05) is 0 Å². The van der Waals surface area contributed by atoms with Crippen LogP contribution in [0, 0.1) is 0 Å². The first-order valence-corrected chi connectivity index (χ1v) is 11.3. The number of rotatable bonds is 7. The van der Waals surface area contributed by atoms with Crippen molar-refractivity contribution in [1.82, 2.24) is 24.7 Å². The van der Waals surface area contributed by atoms with E-state index in [1.54, 1.807) is 12.1 Å². The Hall–Kier alpha value is -2.84. The highest BCUT2D eigenvalue weighted by Gasteiger charge is 2.31. The van der Waals surface area contributed by atoms with Gasteiger partial charge in [-0.2, -0.15) is 0 Å². The van der Waals surface area contributed by atoms with E-state index in [4.69, 9.17) is 16.3 Å². The van der Waals surface area contributed by atoms with E-state index >= 15 is 0 Å². The molecule has 1 N–H and O–H groups in total. The lowest BCUT2D eigenvalue weighted by atomic mass is 10.2. The number of nitrogens with zero attached hydrogens (tertiary/aromatic N) is 4. The molecule has 5 rings (SSSR count). The number of aromatic amines is 1. The number of H-pyrrole nitrogens is 1. The first-order chi connectivity index (χ1) is 15.1. The van der Waals surface area contributed by atoms with Gasteiger partial charge in [0.2, 0.25) is 0 Å². The second-order valence-corrected chi connectivity index (χ2v) is 9.16. The van der Waals surface area contributed by atoms with E-state index in [0.29, 0.717) is 33.5 Å². The molecule has 0 saturated heterocycles. The summed E-state index contributed by atoms with van der Waals surface area (Å²) < 4.78 is 8.02. The zero-order chi connectivity index (χ0) is 21.4. The summed E-state index contributed by atoms with van der Waals surface area (Å²) in [6, 6.07) is 15.1. The lowest BCUT2D eigenvalue weighted by Crippen LogP contribution is -2.13. The minimum Gasteiger partial charge on any atom is -0.484 e. The molecule has 4 aromatic rings. The van der Waals surface area contributed by atoms with E-state index in [0.717, 1.165) is 23.8 Å².